The third kappa shape index (κ3) is 4.59. The molecule has 108 valence electrons. The zero-order chi connectivity index (χ0) is 14.3. The molecule has 0 fully saturated rings. The first-order valence-electron chi connectivity index (χ1n) is 7.52. The zero-order valence-corrected chi connectivity index (χ0v) is 12.9. The highest BCUT2D eigenvalue weighted by Crippen LogP contribution is 2.19. The van der Waals surface area contributed by atoms with Gasteiger partial charge in [-0.15, -0.1) is 0 Å². The molecule has 0 aliphatic heterocycles. The van der Waals surface area contributed by atoms with Gasteiger partial charge in [0.2, 0.25) is 0 Å². The van der Waals surface area contributed by atoms with Gasteiger partial charge in [-0.2, -0.15) is 0 Å². The largest absolute Gasteiger partial charge is 0.329 e. The summed E-state index contributed by atoms with van der Waals surface area (Å²) in [5, 5.41) is 0. The molecule has 1 aromatic heterocycles. The van der Waals surface area contributed by atoms with E-state index in [2.05, 4.69) is 42.8 Å². The Hall–Kier alpha value is -0.930. The molecule has 0 bridgehead atoms. The van der Waals surface area contributed by atoms with Crippen molar-refractivity contribution in [3.63, 3.8) is 0 Å². The van der Waals surface area contributed by atoms with Crippen LogP contribution in [-0.4, -0.2) is 29.0 Å². The highest BCUT2D eigenvalue weighted by molar-refractivity contribution is 5.10. The number of nitrogens with two attached hydrogens (primary N) is 1. The molecule has 1 aromatic rings. The molecule has 0 aliphatic carbocycles. The van der Waals surface area contributed by atoms with Crippen molar-refractivity contribution in [3.05, 3.63) is 29.6 Å². The van der Waals surface area contributed by atoms with E-state index in [0.717, 1.165) is 31.0 Å². The Morgan fingerprint density at radius 2 is 1.89 bits per heavy atom. The lowest BCUT2D eigenvalue weighted by Gasteiger charge is -2.35. The number of aromatic nitrogens is 1. The van der Waals surface area contributed by atoms with Crippen molar-refractivity contribution in [2.45, 2.75) is 53.1 Å². The number of hydrogen-bond acceptors (Lipinski definition) is 3. The molecule has 1 atom stereocenters. The molecule has 1 rings (SSSR count). The Balaban J connectivity index is 2.80. The van der Waals surface area contributed by atoms with E-state index < -0.39 is 0 Å². The third-order valence-corrected chi connectivity index (χ3v) is 4.02. The summed E-state index contributed by atoms with van der Waals surface area (Å²) in [5.74, 6) is 0.676. The van der Waals surface area contributed by atoms with Gasteiger partial charge >= 0.3 is 0 Å². The topological polar surface area (TPSA) is 42.1 Å². The van der Waals surface area contributed by atoms with Gasteiger partial charge < -0.3 is 5.73 Å². The minimum Gasteiger partial charge on any atom is -0.329 e. The molecule has 3 heteroatoms. The van der Waals surface area contributed by atoms with Gasteiger partial charge in [0.15, 0.2) is 0 Å². The highest BCUT2D eigenvalue weighted by Gasteiger charge is 2.23. The first-order chi connectivity index (χ1) is 9.15. The van der Waals surface area contributed by atoms with E-state index in [-0.39, 0.29) is 0 Å². The fourth-order valence-electron chi connectivity index (χ4n) is 2.83. The van der Waals surface area contributed by atoms with Crippen LogP contribution in [0, 0.1) is 12.8 Å². The fourth-order valence-corrected chi connectivity index (χ4v) is 2.83. The molecule has 3 nitrogen and oxygen atoms in total. The van der Waals surface area contributed by atoms with E-state index in [4.69, 9.17) is 5.73 Å². The Morgan fingerprint density at radius 3 is 2.37 bits per heavy atom. The molecule has 1 heterocycles. The summed E-state index contributed by atoms with van der Waals surface area (Å²) in [6.07, 6.45) is 2.38. The second-order valence-electron chi connectivity index (χ2n) is 5.21. The highest BCUT2D eigenvalue weighted by atomic mass is 15.2. The molecule has 0 spiro atoms. The van der Waals surface area contributed by atoms with Crippen LogP contribution in [0.4, 0.5) is 0 Å². The van der Waals surface area contributed by atoms with Crippen LogP contribution < -0.4 is 5.73 Å². The Morgan fingerprint density at radius 1 is 1.21 bits per heavy atom. The Kier molecular flexibility index (Phi) is 7.03. The van der Waals surface area contributed by atoms with Gasteiger partial charge in [0.1, 0.15) is 0 Å². The quantitative estimate of drug-likeness (QED) is 0.784. The predicted octanol–water partition coefficient (Wildman–Crippen LogP) is 2.98. The summed E-state index contributed by atoms with van der Waals surface area (Å²) in [4.78, 5) is 7.08. The van der Waals surface area contributed by atoms with Crippen LogP contribution in [0.15, 0.2) is 18.2 Å². The molecule has 1 unspecified atom stereocenters. The fraction of sp³-hybridized carbons (Fsp3) is 0.688. The summed E-state index contributed by atoms with van der Waals surface area (Å²) >= 11 is 0. The van der Waals surface area contributed by atoms with Crippen molar-refractivity contribution in [2.75, 3.05) is 13.1 Å². The maximum absolute atomic E-state index is 6.02. The predicted molar refractivity (Wildman–Crippen MR) is 82.0 cm³/mol. The average Bonchev–Trinajstić information content (AvgIpc) is 2.42. The van der Waals surface area contributed by atoms with Crippen LogP contribution in [0.25, 0.3) is 0 Å². The van der Waals surface area contributed by atoms with Crippen LogP contribution in [0.2, 0.25) is 0 Å². The van der Waals surface area contributed by atoms with Crippen molar-refractivity contribution in [1.82, 2.24) is 9.88 Å². The second kappa shape index (κ2) is 8.28. The lowest BCUT2D eigenvalue weighted by Crippen LogP contribution is -2.45. The van der Waals surface area contributed by atoms with E-state index in [1.807, 2.05) is 13.0 Å². The van der Waals surface area contributed by atoms with Crippen molar-refractivity contribution in [1.29, 1.82) is 0 Å². The van der Waals surface area contributed by atoms with E-state index in [1.54, 1.807) is 0 Å². The summed E-state index contributed by atoms with van der Waals surface area (Å²) in [6.45, 7) is 11.4. The monoisotopic (exact) mass is 263 g/mol. The van der Waals surface area contributed by atoms with Gasteiger partial charge in [-0.1, -0.05) is 39.7 Å². The number of rotatable bonds is 8. The Bertz CT molecular complexity index is 361. The lowest BCUT2D eigenvalue weighted by atomic mass is 9.92. The van der Waals surface area contributed by atoms with Gasteiger partial charge in [0.05, 0.1) is 5.69 Å². The van der Waals surface area contributed by atoms with Crippen LogP contribution in [0.5, 0.6) is 0 Å². The van der Waals surface area contributed by atoms with Gasteiger partial charge in [-0.05, 0) is 31.5 Å². The SMILES string of the molecule is CCC(CC)C(CN)N(CC)Cc1cccc(C)n1. The molecule has 0 aromatic carbocycles. The van der Waals surface area contributed by atoms with Crippen LogP contribution in [0.1, 0.15) is 45.0 Å². The maximum Gasteiger partial charge on any atom is 0.0547 e. The van der Waals surface area contributed by atoms with Crippen molar-refractivity contribution in [2.24, 2.45) is 11.7 Å². The number of nitrogens with zero attached hydrogens (tertiary/aromatic N) is 2. The molecule has 0 saturated carbocycles. The van der Waals surface area contributed by atoms with Crippen molar-refractivity contribution >= 4 is 0 Å². The normalized spacial score (nSPS) is 13.2. The molecule has 0 radical (unpaired) electrons. The number of pyridine rings is 1. The van der Waals surface area contributed by atoms with Crippen LogP contribution >= 0.6 is 0 Å². The molecular weight excluding hydrogens is 234 g/mol. The summed E-state index contributed by atoms with van der Waals surface area (Å²) in [5.41, 5.74) is 8.25. The number of likely N-dealkylation sites (N-methyl/N-ethyl adjacent to an activating group) is 1. The molecule has 19 heavy (non-hydrogen) atoms. The average molecular weight is 263 g/mol. The van der Waals surface area contributed by atoms with Gasteiger partial charge in [0.25, 0.3) is 0 Å². The van der Waals surface area contributed by atoms with Crippen molar-refractivity contribution < 1.29 is 0 Å². The lowest BCUT2D eigenvalue weighted by molar-refractivity contribution is 0.137. The standard InChI is InChI=1S/C16H29N3/c1-5-14(6-2)16(11-17)19(7-3)12-15-10-8-9-13(4)18-15/h8-10,14,16H,5-7,11-12,17H2,1-4H3. The molecule has 2 N–H and O–H groups in total. The summed E-state index contributed by atoms with van der Waals surface area (Å²) in [6, 6.07) is 6.69. The second-order valence-corrected chi connectivity index (χ2v) is 5.21. The van der Waals surface area contributed by atoms with E-state index in [1.165, 1.54) is 12.8 Å². The maximum atomic E-state index is 6.02. The van der Waals surface area contributed by atoms with Crippen LogP contribution in [0.3, 0.4) is 0 Å². The van der Waals surface area contributed by atoms with Gasteiger partial charge in [0, 0.05) is 24.8 Å². The summed E-state index contributed by atoms with van der Waals surface area (Å²) in [7, 11) is 0. The Labute approximate surface area is 118 Å². The molecule has 0 saturated heterocycles. The van der Waals surface area contributed by atoms with Gasteiger partial charge in [-0.3, -0.25) is 9.88 Å². The molecular formula is C16H29N3. The first-order valence-corrected chi connectivity index (χ1v) is 7.52. The van der Waals surface area contributed by atoms with Crippen LogP contribution in [-0.2, 0) is 6.54 Å². The minimum atomic E-state index is 0.460. The zero-order valence-electron chi connectivity index (χ0n) is 12.9. The van der Waals surface area contributed by atoms with E-state index >= 15 is 0 Å². The summed E-state index contributed by atoms with van der Waals surface area (Å²) < 4.78 is 0. The smallest absolute Gasteiger partial charge is 0.0547 e. The van der Waals surface area contributed by atoms with E-state index in [0.29, 0.717) is 12.0 Å². The van der Waals surface area contributed by atoms with Crippen molar-refractivity contribution in [3.8, 4) is 0 Å². The first kappa shape index (κ1) is 16.1. The molecule has 0 amide bonds. The third-order valence-electron chi connectivity index (χ3n) is 4.02. The molecule has 0 aliphatic rings. The number of hydrogen-bond donors (Lipinski definition) is 1. The number of aryl methyl sites for hydroxylation is 1. The minimum absolute atomic E-state index is 0.460. The van der Waals surface area contributed by atoms with E-state index in [9.17, 15) is 0 Å². The van der Waals surface area contributed by atoms with Gasteiger partial charge in [-0.25, -0.2) is 0 Å².